The fourth-order valence-electron chi connectivity index (χ4n) is 2.50. The molecule has 0 amide bonds. The molecule has 0 bridgehead atoms. The van der Waals surface area contributed by atoms with E-state index in [0.29, 0.717) is 17.5 Å². The monoisotopic (exact) mass is 278 g/mol. The van der Waals surface area contributed by atoms with Crippen molar-refractivity contribution in [3.8, 4) is 0 Å². The fourth-order valence-corrected chi connectivity index (χ4v) is 5.62. The van der Waals surface area contributed by atoms with Gasteiger partial charge in [-0.05, 0) is 26.3 Å². The van der Waals surface area contributed by atoms with Crippen molar-refractivity contribution in [2.24, 2.45) is 0 Å². The Morgan fingerprint density at radius 3 is 2.94 bits per heavy atom. The Hall–Kier alpha value is 0.220. The predicted octanol–water partition coefficient (Wildman–Crippen LogP) is 0.248. The molecule has 2 heterocycles. The van der Waals surface area contributed by atoms with Crippen LogP contribution in [0.2, 0.25) is 0 Å². The summed E-state index contributed by atoms with van der Waals surface area (Å²) in [6.45, 7) is 4.03. The maximum Gasteiger partial charge on any atom is 0.152 e. The molecule has 2 N–H and O–H groups in total. The maximum absolute atomic E-state index is 11.5. The molecule has 2 rings (SSSR count). The van der Waals surface area contributed by atoms with Gasteiger partial charge in [0.2, 0.25) is 0 Å². The van der Waals surface area contributed by atoms with E-state index in [-0.39, 0.29) is 5.54 Å². The summed E-state index contributed by atoms with van der Waals surface area (Å²) >= 11 is 2.00. The summed E-state index contributed by atoms with van der Waals surface area (Å²) in [4.78, 5) is 0. The quantitative estimate of drug-likeness (QED) is 0.772. The molecule has 2 atom stereocenters. The minimum atomic E-state index is -2.79. The third-order valence-corrected chi connectivity index (χ3v) is 6.58. The summed E-state index contributed by atoms with van der Waals surface area (Å²) in [6.07, 6.45) is 1.84. The van der Waals surface area contributed by atoms with Crippen LogP contribution in [-0.4, -0.2) is 56.1 Å². The molecule has 2 fully saturated rings. The van der Waals surface area contributed by atoms with E-state index in [4.69, 9.17) is 0 Å². The van der Waals surface area contributed by atoms with Crippen LogP contribution in [0.1, 0.15) is 19.8 Å². The van der Waals surface area contributed by atoms with Crippen molar-refractivity contribution in [2.45, 2.75) is 31.3 Å². The zero-order valence-corrected chi connectivity index (χ0v) is 12.0. The zero-order chi connectivity index (χ0) is 12.4. The van der Waals surface area contributed by atoms with Crippen LogP contribution in [0.5, 0.6) is 0 Å². The second-order valence-electron chi connectivity index (χ2n) is 5.34. The number of hydrogen-bond acceptors (Lipinski definition) is 5. The minimum Gasteiger partial charge on any atom is -0.312 e. The van der Waals surface area contributed by atoms with Crippen molar-refractivity contribution in [1.82, 2.24) is 10.6 Å². The third-order valence-electron chi connectivity index (χ3n) is 3.55. The van der Waals surface area contributed by atoms with Gasteiger partial charge in [0.25, 0.3) is 0 Å². The topological polar surface area (TPSA) is 58.2 Å². The predicted molar refractivity (Wildman–Crippen MR) is 73.4 cm³/mol. The molecule has 0 aromatic rings. The molecular weight excluding hydrogens is 256 g/mol. The Balaban J connectivity index is 1.71. The molecule has 2 unspecified atom stereocenters. The minimum absolute atomic E-state index is 0.194. The van der Waals surface area contributed by atoms with Gasteiger partial charge in [-0.15, -0.1) is 0 Å². The van der Waals surface area contributed by atoms with Crippen LogP contribution in [-0.2, 0) is 9.84 Å². The lowest BCUT2D eigenvalue weighted by Crippen LogP contribution is -2.46. The van der Waals surface area contributed by atoms with Gasteiger partial charge >= 0.3 is 0 Å². The zero-order valence-electron chi connectivity index (χ0n) is 10.4. The summed E-state index contributed by atoms with van der Waals surface area (Å²) in [5.41, 5.74) is -0.194. The fraction of sp³-hybridized carbons (Fsp3) is 1.00. The molecule has 17 heavy (non-hydrogen) atoms. The van der Waals surface area contributed by atoms with Crippen LogP contribution in [0.3, 0.4) is 0 Å². The lowest BCUT2D eigenvalue weighted by Gasteiger charge is -2.27. The van der Waals surface area contributed by atoms with E-state index in [9.17, 15) is 8.42 Å². The number of hydrogen-bond donors (Lipinski definition) is 2. The highest BCUT2D eigenvalue weighted by Crippen LogP contribution is 2.22. The van der Waals surface area contributed by atoms with Crippen molar-refractivity contribution < 1.29 is 8.42 Å². The van der Waals surface area contributed by atoms with E-state index >= 15 is 0 Å². The molecule has 2 saturated heterocycles. The molecule has 0 aromatic carbocycles. The number of sulfone groups is 1. The van der Waals surface area contributed by atoms with Gasteiger partial charge < -0.3 is 10.6 Å². The first-order chi connectivity index (χ1) is 7.99. The Bertz CT molecular complexity index is 352. The highest BCUT2D eigenvalue weighted by atomic mass is 32.2. The molecule has 4 nitrogen and oxygen atoms in total. The van der Waals surface area contributed by atoms with Crippen molar-refractivity contribution >= 4 is 21.6 Å². The van der Waals surface area contributed by atoms with Crippen LogP contribution >= 0.6 is 11.8 Å². The summed E-state index contributed by atoms with van der Waals surface area (Å²) in [5, 5.41) is 6.93. The molecule has 2 aliphatic heterocycles. The third kappa shape index (κ3) is 4.12. The second-order valence-corrected chi connectivity index (χ2v) is 8.68. The Morgan fingerprint density at radius 1 is 1.53 bits per heavy atom. The number of thioether (sulfide) groups is 1. The molecular formula is C11H22N2O2S2. The summed E-state index contributed by atoms with van der Waals surface area (Å²) in [7, 11) is -2.79. The maximum atomic E-state index is 11.5. The van der Waals surface area contributed by atoms with E-state index in [1.807, 2.05) is 18.7 Å². The van der Waals surface area contributed by atoms with Crippen molar-refractivity contribution in [2.75, 3.05) is 36.1 Å². The van der Waals surface area contributed by atoms with Gasteiger partial charge in [-0.2, -0.15) is 11.8 Å². The molecule has 0 saturated carbocycles. The SMILES string of the molecule is CC1(NCCC2CSCCN2)CCS(=O)(=O)C1. The smallest absolute Gasteiger partial charge is 0.152 e. The van der Waals surface area contributed by atoms with Crippen LogP contribution < -0.4 is 10.6 Å². The van der Waals surface area contributed by atoms with Crippen LogP contribution in [0.4, 0.5) is 0 Å². The Kier molecular flexibility index (Phi) is 4.39. The van der Waals surface area contributed by atoms with Gasteiger partial charge in [0.05, 0.1) is 11.5 Å². The average molecular weight is 278 g/mol. The first kappa shape index (κ1) is 13.6. The van der Waals surface area contributed by atoms with Crippen molar-refractivity contribution in [1.29, 1.82) is 0 Å². The molecule has 0 spiro atoms. The second kappa shape index (κ2) is 5.47. The van der Waals surface area contributed by atoms with Gasteiger partial charge in [0.1, 0.15) is 0 Å². The van der Waals surface area contributed by atoms with E-state index in [0.717, 1.165) is 25.9 Å². The number of rotatable bonds is 4. The molecule has 0 radical (unpaired) electrons. The first-order valence-electron chi connectivity index (χ1n) is 6.26. The average Bonchev–Trinajstić information content (AvgIpc) is 2.55. The standard InChI is InChI=1S/C11H22N2O2S2/c1-11(3-7-17(14,15)9-11)13-4-2-10-8-16-6-5-12-10/h10,12-13H,2-9H2,1H3. The van der Waals surface area contributed by atoms with Crippen LogP contribution in [0, 0.1) is 0 Å². The molecule has 0 aromatic heterocycles. The lowest BCUT2D eigenvalue weighted by atomic mass is 10.0. The van der Waals surface area contributed by atoms with Gasteiger partial charge in [0, 0.05) is 29.6 Å². The van der Waals surface area contributed by atoms with Crippen molar-refractivity contribution in [3.63, 3.8) is 0 Å². The van der Waals surface area contributed by atoms with Gasteiger partial charge in [-0.3, -0.25) is 0 Å². The van der Waals surface area contributed by atoms with Gasteiger partial charge in [0.15, 0.2) is 9.84 Å². The highest BCUT2D eigenvalue weighted by Gasteiger charge is 2.37. The van der Waals surface area contributed by atoms with Crippen molar-refractivity contribution in [3.05, 3.63) is 0 Å². The van der Waals surface area contributed by atoms with E-state index in [2.05, 4.69) is 10.6 Å². The largest absolute Gasteiger partial charge is 0.312 e. The summed E-state index contributed by atoms with van der Waals surface area (Å²) in [6, 6.07) is 0.586. The first-order valence-corrected chi connectivity index (χ1v) is 9.23. The lowest BCUT2D eigenvalue weighted by molar-refractivity contribution is 0.379. The molecule has 0 aliphatic carbocycles. The summed E-state index contributed by atoms with van der Waals surface area (Å²) in [5.74, 6) is 3.03. The van der Waals surface area contributed by atoms with Gasteiger partial charge in [-0.1, -0.05) is 0 Å². The van der Waals surface area contributed by atoms with E-state index in [1.54, 1.807) is 0 Å². The highest BCUT2D eigenvalue weighted by molar-refractivity contribution is 7.99. The van der Waals surface area contributed by atoms with Gasteiger partial charge in [-0.25, -0.2) is 8.42 Å². The normalized spacial score (nSPS) is 37.1. The van der Waals surface area contributed by atoms with Crippen LogP contribution in [0.25, 0.3) is 0 Å². The van der Waals surface area contributed by atoms with E-state index in [1.165, 1.54) is 11.5 Å². The summed E-state index contributed by atoms with van der Waals surface area (Å²) < 4.78 is 22.9. The molecule has 6 heteroatoms. The Morgan fingerprint density at radius 2 is 2.35 bits per heavy atom. The molecule has 2 aliphatic rings. The number of nitrogens with one attached hydrogen (secondary N) is 2. The van der Waals surface area contributed by atoms with Crippen LogP contribution in [0.15, 0.2) is 0 Å². The molecule has 100 valence electrons. The van der Waals surface area contributed by atoms with E-state index < -0.39 is 9.84 Å². The Labute approximate surface area is 108 Å².